The second-order valence-electron chi connectivity index (χ2n) is 5.10. The van der Waals surface area contributed by atoms with Gasteiger partial charge in [0.25, 0.3) is 0 Å². The molecule has 0 saturated carbocycles. The fourth-order valence-corrected chi connectivity index (χ4v) is 2.67. The maximum Gasteiger partial charge on any atom is 0.125 e. The average molecular weight is 275 g/mol. The van der Waals surface area contributed by atoms with E-state index in [0.717, 1.165) is 41.2 Å². The molecule has 0 fully saturated rings. The molecule has 1 N–H and O–H groups in total. The number of rotatable bonds is 5. The van der Waals surface area contributed by atoms with Crippen LogP contribution in [-0.2, 0) is 6.42 Å². The minimum atomic E-state index is -0.187. The zero-order valence-electron chi connectivity index (χ0n) is 12.6. The molecule has 0 spiro atoms. The van der Waals surface area contributed by atoms with E-state index >= 15 is 0 Å². The van der Waals surface area contributed by atoms with E-state index in [0.29, 0.717) is 0 Å². The molecule has 108 valence electrons. The first kappa shape index (κ1) is 14.8. The van der Waals surface area contributed by atoms with E-state index < -0.39 is 0 Å². The van der Waals surface area contributed by atoms with E-state index in [2.05, 4.69) is 19.2 Å². The summed E-state index contributed by atoms with van der Waals surface area (Å²) in [6.07, 6.45) is 0.875. The summed E-state index contributed by atoms with van der Waals surface area (Å²) in [6.45, 7) is 8.84. The van der Waals surface area contributed by atoms with Gasteiger partial charge in [0.15, 0.2) is 0 Å². The minimum Gasteiger partial charge on any atom is -0.464 e. The van der Waals surface area contributed by atoms with Crippen molar-refractivity contribution in [2.45, 2.75) is 40.2 Å². The quantitative estimate of drug-likeness (QED) is 0.880. The van der Waals surface area contributed by atoms with Crippen LogP contribution in [0.25, 0.3) is 0 Å². The van der Waals surface area contributed by atoms with E-state index in [1.807, 2.05) is 26.0 Å². The minimum absolute atomic E-state index is 0.0269. The van der Waals surface area contributed by atoms with Crippen LogP contribution < -0.4 is 5.32 Å². The number of nitrogens with one attached hydrogen (secondary N) is 1. The Kier molecular flexibility index (Phi) is 4.61. The van der Waals surface area contributed by atoms with E-state index in [-0.39, 0.29) is 11.9 Å². The highest BCUT2D eigenvalue weighted by atomic mass is 19.1. The summed E-state index contributed by atoms with van der Waals surface area (Å²) in [5.41, 5.74) is 3.00. The van der Waals surface area contributed by atoms with Gasteiger partial charge in [-0.15, -0.1) is 0 Å². The van der Waals surface area contributed by atoms with Crippen molar-refractivity contribution < 1.29 is 8.81 Å². The monoisotopic (exact) mass is 275 g/mol. The van der Waals surface area contributed by atoms with Crippen molar-refractivity contribution in [2.24, 2.45) is 0 Å². The zero-order valence-corrected chi connectivity index (χ0v) is 12.6. The normalized spacial score (nSPS) is 12.7. The molecule has 3 heteroatoms. The van der Waals surface area contributed by atoms with E-state index in [4.69, 9.17) is 4.42 Å². The summed E-state index contributed by atoms with van der Waals surface area (Å²) in [4.78, 5) is 0. The maximum atomic E-state index is 13.5. The smallest absolute Gasteiger partial charge is 0.125 e. The molecule has 1 heterocycles. The molecule has 0 aliphatic carbocycles. The van der Waals surface area contributed by atoms with E-state index in [9.17, 15) is 4.39 Å². The third kappa shape index (κ3) is 2.93. The molecule has 2 nitrogen and oxygen atoms in total. The topological polar surface area (TPSA) is 25.2 Å². The molecule has 0 radical (unpaired) electrons. The highest BCUT2D eigenvalue weighted by Crippen LogP contribution is 2.30. The van der Waals surface area contributed by atoms with Gasteiger partial charge < -0.3 is 9.73 Å². The van der Waals surface area contributed by atoms with Crippen LogP contribution in [0.15, 0.2) is 28.7 Å². The van der Waals surface area contributed by atoms with Crippen LogP contribution in [-0.4, -0.2) is 6.54 Å². The third-order valence-corrected chi connectivity index (χ3v) is 3.57. The molecule has 2 aromatic rings. The molecule has 1 unspecified atom stereocenters. The van der Waals surface area contributed by atoms with Gasteiger partial charge >= 0.3 is 0 Å². The fraction of sp³-hybridized carbons (Fsp3) is 0.412. The Hall–Kier alpha value is -1.61. The standard InChI is InChI=1S/C17H22FNO/c1-5-14-7-8-15(20-14)17(19-6-2)16-11(3)9-13(18)10-12(16)4/h7-10,17,19H,5-6H2,1-4H3. The number of aryl methyl sites for hydroxylation is 3. The van der Waals surface area contributed by atoms with Crippen molar-refractivity contribution in [1.82, 2.24) is 5.32 Å². The van der Waals surface area contributed by atoms with Crippen LogP contribution in [0.4, 0.5) is 4.39 Å². The van der Waals surface area contributed by atoms with Crippen molar-refractivity contribution in [3.8, 4) is 0 Å². The molecule has 0 aliphatic rings. The molecular weight excluding hydrogens is 253 g/mol. The van der Waals surface area contributed by atoms with Gasteiger partial charge in [-0.3, -0.25) is 0 Å². The lowest BCUT2D eigenvalue weighted by Crippen LogP contribution is -2.23. The van der Waals surface area contributed by atoms with Gasteiger partial charge in [0.1, 0.15) is 17.3 Å². The average Bonchev–Trinajstić information content (AvgIpc) is 2.85. The highest BCUT2D eigenvalue weighted by Gasteiger charge is 2.21. The SMILES string of the molecule is CCNC(c1ccc(CC)o1)c1c(C)cc(F)cc1C. The summed E-state index contributed by atoms with van der Waals surface area (Å²) in [5, 5.41) is 3.44. The Morgan fingerprint density at radius 3 is 2.30 bits per heavy atom. The van der Waals surface area contributed by atoms with Crippen molar-refractivity contribution in [3.63, 3.8) is 0 Å². The number of hydrogen-bond donors (Lipinski definition) is 1. The Morgan fingerprint density at radius 1 is 1.15 bits per heavy atom. The maximum absolute atomic E-state index is 13.5. The van der Waals surface area contributed by atoms with Gasteiger partial charge in [0, 0.05) is 6.42 Å². The molecule has 0 bridgehead atoms. The summed E-state index contributed by atoms with van der Waals surface area (Å²) in [7, 11) is 0. The van der Waals surface area contributed by atoms with Gasteiger partial charge in [-0.05, 0) is 61.3 Å². The predicted molar refractivity (Wildman–Crippen MR) is 79.5 cm³/mol. The number of halogens is 1. The highest BCUT2D eigenvalue weighted by molar-refractivity contribution is 5.40. The molecule has 0 saturated heterocycles. The van der Waals surface area contributed by atoms with Crippen LogP contribution in [0.3, 0.4) is 0 Å². The van der Waals surface area contributed by atoms with Crippen LogP contribution in [0.2, 0.25) is 0 Å². The molecule has 2 rings (SSSR count). The first-order valence-corrected chi connectivity index (χ1v) is 7.15. The second-order valence-corrected chi connectivity index (χ2v) is 5.10. The van der Waals surface area contributed by atoms with Crippen molar-refractivity contribution in [1.29, 1.82) is 0 Å². The molecule has 0 amide bonds. The molecule has 1 aromatic heterocycles. The van der Waals surface area contributed by atoms with Crippen LogP contribution in [0, 0.1) is 19.7 Å². The molecule has 0 aliphatic heterocycles. The summed E-state index contributed by atoms with van der Waals surface area (Å²) < 4.78 is 19.4. The van der Waals surface area contributed by atoms with E-state index in [1.165, 1.54) is 0 Å². The van der Waals surface area contributed by atoms with Gasteiger partial charge in [-0.25, -0.2) is 4.39 Å². The Balaban J connectivity index is 2.48. The zero-order chi connectivity index (χ0) is 14.7. The Labute approximate surface area is 120 Å². The Bertz CT molecular complexity index is 565. The summed E-state index contributed by atoms with van der Waals surface area (Å²) in [5.74, 6) is 1.68. The second kappa shape index (κ2) is 6.23. The van der Waals surface area contributed by atoms with Crippen molar-refractivity contribution >= 4 is 0 Å². The third-order valence-electron chi connectivity index (χ3n) is 3.57. The fourth-order valence-electron chi connectivity index (χ4n) is 2.67. The van der Waals surface area contributed by atoms with Crippen LogP contribution >= 0.6 is 0 Å². The van der Waals surface area contributed by atoms with Crippen LogP contribution in [0.5, 0.6) is 0 Å². The summed E-state index contributed by atoms with van der Waals surface area (Å²) in [6, 6.07) is 7.15. The Morgan fingerprint density at radius 2 is 1.80 bits per heavy atom. The molecule has 20 heavy (non-hydrogen) atoms. The first-order valence-electron chi connectivity index (χ1n) is 7.15. The largest absolute Gasteiger partial charge is 0.464 e. The van der Waals surface area contributed by atoms with Gasteiger partial charge in [0.05, 0.1) is 6.04 Å². The van der Waals surface area contributed by atoms with Gasteiger partial charge in [-0.1, -0.05) is 13.8 Å². The summed E-state index contributed by atoms with van der Waals surface area (Å²) >= 11 is 0. The van der Waals surface area contributed by atoms with E-state index in [1.54, 1.807) is 12.1 Å². The van der Waals surface area contributed by atoms with Gasteiger partial charge in [0.2, 0.25) is 0 Å². The van der Waals surface area contributed by atoms with Gasteiger partial charge in [-0.2, -0.15) is 0 Å². The van der Waals surface area contributed by atoms with Crippen LogP contribution in [0.1, 0.15) is 48.1 Å². The number of furan rings is 1. The number of benzene rings is 1. The lowest BCUT2D eigenvalue weighted by Gasteiger charge is -2.21. The van der Waals surface area contributed by atoms with Crippen molar-refractivity contribution in [2.75, 3.05) is 6.54 Å². The first-order chi connectivity index (χ1) is 9.56. The van der Waals surface area contributed by atoms with Crippen molar-refractivity contribution in [3.05, 3.63) is 58.3 Å². The predicted octanol–water partition coefficient (Wildman–Crippen LogP) is 4.30. The molecular formula is C17H22FNO. The molecule has 1 aromatic carbocycles. The molecule has 1 atom stereocenters. The number of hydrogen-bond acceptors (Lipinski definition) is 2. The lowest BCUT2D eigenvalue weighted by atomic mass is 9.94. The lowest BCUT2D eigenvalue weighted by molar-refractivity contribution is 0.424.